The summed E-state index contributed by atoms with van der Waals surface area (Å²) in [5.74, 6) is 0.0254. The van der Waals surface area contributed by atoms with Gasteiger partial charge in [-0.2, -0.15) is 0 Å². The number of hydrogen-bond donors (Lipinski definition) is 1. The molecule has 0 radical (unpaired) electrons. The summed E-state index contributed by atoms with van der Waals surface area (Å²) in [5, 5.41) is 9.73. The van der Waals surface area contributed by atoms with Crippen molar-refractivity contribution >= 4 is 5.97 Å². The van der Waals surface area contributed by atoms with Gasteiger partial charge in [0.25, 0.3) is 0 Å². The molecule has 0 aromatic heterocycles. The van der Waals surface area contributed by atoms with Gasteiger partial charge in [0.05, 0.1) is 12.5 Å². The number of rotatable bonds is 7. The molecule has 0 bridgehead atoms. The minimum atomic E-state index is -0.787. The fourth-order valence-corrected chi connectivity index (χ4v) is 2.72. The van der Waals surface area contributed by atoms with Crippen LogP contribution in [0.2, 0.25) is 0 Å². The van der Waals surface area contributed by atoms with Crippen molar-refractivity contribution in [3.63, 3.8) is 0 Å². The van der Waals surface area contributed by atoms with Gasteiger partial charge in [0.15, 0.2) is 0 Å². The smallest absolute Gasteiger partial charge is 0.314 e. The average Bonchev–Trinajstić information content (AvgIpc) is 2.38. The van der Waals surface area contributed by atoms with Crippen LogP contribution in [0.15, 0.2) is 18.2 Å². The summed E-state index contributed by atoms with van der Waals surface area (Å²) in [6.45, 7) is 6.02. The first kappa shape index (κ1) is 15.5. The minimum absolute atomic E-state index is 0.655. The quantitative estimate of drug-likeness (QED) is 0.811. The van der Waals surface area contributed by atoms with E-state index in [-0.39, 0.29) is 0 Å². The standard InChI is InChI=1S/C16H24O3/c1-5-9-16(10-6-2,15(17)18)13-8-7-12(3)14(11-13)19-4/h7-8,11H,5-6,9-10H2,1-4H3,(H,17,18). The number of ether oxygens (including phenoxy) is 1. The summed E-state index contributed by atoms with van der Waals surface area (Å²) in [5.41, 5.74) is 1.09. The van der Waals surface area contributed by atoms with Gasteiger partial charge in [-0.1, -0.05) is 38.8 Å². The summed E-state index contributed by atoms with van der Waals surface area (Å²) in [4.78, 5) is 11.8. The zero-order chi connectivity index (χ0) is 14.5. The van der Waals surface area contributed by atoms with Crippen molar-refractivity contribution in [2.75, 3.05) is 7.11 Å². The molecular formula is C16H24O3. The van der Waals surface area contributed by atoms with Crippen molar-refractivity contribution in [2.45, 2.75) is 51.9 Å². The lowest BCUT2D eigenvalue weighted by Crippen LogP contribution is -2.35. The number of carboxylic acids is 1. The van der Waals surface area contributed by atoms with Crippen LogP contribution in [0.4, 0.5) is 0 Å². The molecule has 0 heterocycles. The van der Waals surface area contributed by atoms with E-state index in [0.717, 1.165) is 29.7 Å². The van der Waals surface area contributed by atoms with Gasteiger partial charge >= 0.3 is 5.97 Å². The van der Waals surface area contributed by atoms with Gasteiger partial charge in [-0.15, -0.1) is 0 Å². The maximum Gasteiger partial charge on any atom is 0.314 e. The number of carboxylic acid groups (broad SMARTS) is 1. The summed E-state index contributed by atoms with van der Waals surface area (Å²) in [6, 6.07) is 5.75. The number of aliphatic carboxylic acids is 1. The highest BCUT2D eigenvalue weighted by atomic mass is 16.5. The number of aryl methyl sites for hydroxylation is 1. The third kappa shape index (κ3) is 3.09. The van der Waals surface area contributed by atoms with Gasteiger partial charge < -0.3 is 9.84 Å². The van der Waals surface area contributed by atoms with E-state index >= 15 is 0 Å². The molecule has 1 aromatic rings. The second-order valence-corrected chi connectivity index (χ2v) is 5.07. The lowest BCUT2D eigenvalue weighted by Gasteiger charge is -2.30. The van der Waals surface area contributed by atoms with Crippen LogP contribution in [0.5, 0.6) is 5.75 Å². The fourth-order valence-electron chi connectivity index (χ4n) is 2.72. The topological polar surface area (TPSA) is 46.5 Å². The van der Waals surface area contributed by atoms with Crippen LogP contribution in [0, 0.1) is 6.92 Å². The number of benzene rings is 1. The van der Waals surface area contributed by atoms with Gasteiger partial charge in [0.1, 0.15) is 5.75 Å². The monoisotopic (exact) mass is 264 g/mol. The predicted molar refractivity (Wildman–Crippen MR) is 76.9 cm³/mol. The molecule has 3 heteroatoms. The Hall–Kier alpha value is -1.51. The van der Waals surface area contributed by atoms with Crippen LogP contribution in [-0.2, 0) is 10.2 Å². The molecule has 3 nitrogen and oxygen atoms in total. The zero-order valence-corrected chi connectivity index (χ0v) is 12.3. The van der Waals surface area contributed by atoms with Crippen molar-refractivity contribution in [1.82, 2.24) is 0 Å². The van der Waals surface area contributed by atoms with E-state index in [9.17, 15) is 9.90 Å². The normalized spacial score (nSPS) is 11.4. The molecule has 106 valence electrons. The molecule has 0 atom stereocenters. The Morgan fingerprint density at radius 3 is 2.26 bits per heavy atom. The summed E-state index contributed by atoms with van der Waals surface area (Å²) in [7, 11) is 1.62. The molecule has 0 aliphatic carbocycles. The van der Waals surface area contributed by atoms with Crippen molar-refractivity contribution < 1.29 is 14.6 Å². The Balaban J connectivity index is 3.34. The van der Waals surface area contributed by atoms with E-state index < -0.39 is 11.4 Å². The Morgan fingerprint density at radius 2 is 1.84 bits per heavy atom. The van der Waals surface area contributed by atoms with E-state index in [2.05, 4.69) is 0 Å². The number of carbonyl (C=O) groups is 1. The SMILES string of the molecule is CCCC(CCC)(C(=O)O)c1ccc(C)c(OC)c1. The Labute approximate surface area is 115 Å². The number of hydrogen-bond acceptors (Lipinski definition) is 2. The highest BCUT2D eigenvalue weighted by Crippen LogP contribution is 2.37. The summed E-state index contributed by atoms with van der Waals surface area (Å²) < 4.78 is 5.32. The predicted octanol–water partition coefficient (Wildman–Crippen LogP) is 3.93. The molecule has 1 aromatic carbocycles. The van der Waals surface area contributed by atoms with Gasteiger partial charge in [0.2, 0.25) is 0 Å². The Kier molecular flexibility index (Phi) is 5.40. The van der Waals surface area contributed by atoms with Gasteiger partial charge in [0, 0.05) is 0 Å². The molecule has 0 aliphatic rings. The third-order valence-electron chi connectivity index (χ3n) is 3.72. The highest BCUT2D eigenvalue weighted by Gasteiger charge is 2.38. The van der Waals surface area contributed by atoms with Crippen molar-refractivity contribution in [2.24, 2.45) is 0 Å². The lowest BCUT2D eigenvalue weighted by molar-refractivity contribution is -0.144. The Bertz CT molecular complexity index is 432. The molecule has 0 amide bonds. The van der Waals surface area contributed by atoms with Crippen LogP contribution in [0.1, 0.15) is 50.7 Å². The molecule has 1 rings (SSSR count). The molecule has 19 heavy (non-hydrogen) atoms. The molecule has 0 saturated heterocycles. The first-order chi connectivity index (χ1) is 9.01. The van der Waals surface area contributed by atoms with E-state index in [1.54, 1.807) is 7.11 Å². The second kappa shape index (κ2) is 6.60. The van der Waals surface area contributed by atoms with E-state index in [1.165, 1.54) is 0 Å². The molecule has 0 unspecified atom stereocenters. The van der Waals surface area contributed by atoms with Crippen LogP contribution < -0.4 is 4.74 Å². The first-order valence-corrected chi connectivity index (χ1v) is 6.90. The van der Waals surface area contributed by atoms with Crippen LogP contribution in [0.3, 0.4) is 0 Å². The summed E-state index contributed by atoms with van der Waals surface area (Å²) >= 11 is 0. The first-order valence-electron chi connectivity index (χ1n) is 6.90. The maximum absolute atomic E-state index is 11.8. The van der Waals surface area contributed by atoms with E-state index in [1.807, 2.05) is 39.0 Å². The fraction of sp³-hybridized carbons (Fsp3) is 0.562. The van der Waals surface area contributed by atoms with Crippen molar-refractivity contribution in [3.8, 4) is 5.75 Å². The van der Waals surface area contributed by atoms with E-state index in [0.29, 0.717) is 12.8 Å². The second-order valence-electron chi connectivity index (χ2n) is 5.07. The molecule has 1 N–H and O–H groups in total. The van der Waals surface area contributed by atoms with Crippen molar-refractivity contribution in [1.29, 1.82) is 0 Å². The van der Waals surface area contributed by atoms with Gasteiger partial charge in [-0.05, 0) is 37.0 Å². The largest absolute Gasteiger partial charge is 0.496 e. The van der Waals surface area contributed by atoms with E-state index in [4.69, 9.17) is 4.74 Å². The molecule has 0 fully saturated rings. The summed E-state index contributed by atoms with van der Waals surface area (Å²) in [6.07, 6.45) is 3.01. The zero-order valence-electron chi connectivity index (χ0n) is 12.3. The van der Waals surface area contributed by atoms with Gasteiger partial charge in [-0.25, -0.2) is 0 Å². The van der Waals surface area contributed by atoms with Crippen LogP contribution in [-0.4, -0.2) is 18.2 Å². The average molecular weight is 264 g/mol. The molecule has 0 saturated carbocycles. The third-order valence-corrected chi connectivity index (χ3v) is 3.72. The molecule has 0 aliphatic heterocycles. The minimum Gasteiger partial charge on any atom is -0.496 e. The lowest BCUT2D eigenvalue weighted by atomic mass is 9.73. The van der Waals surface area contributed by atoms with Crippen LogP contribution >= 0.6 is 0 Å². The molecule has 0 spiro atoms. The highest BCUT2D eigenvalue weighted by molar-refractivity contribution is 5.81. The molecular weight excluding hydrogens is 240 g/mol. The van der Waals surface area contributed by atoms with Crippen molar-refractivity contribution in [3.05, 3.63) is 29.3 Å². The Morgan fingerprint density at radius 1 is 1.26 bits per heavy atom. The van der Waals surface area contributed by atoms with Gasteiger partial charge in [-0.3, -0.25) is 4.79 Å². The number of methoxy groups -OCH3 is 1. The maximum atomic E-state index is 11.8. The van der Waals surface area contributed by atoms with Crippen LogP contribution in [0.25, 0.3) is 0 Å².